The van der Waals surface area contributed by atoms with Crippen LogP contribution in [0.3, 0.4) is 0 Å². The number of thioether (sulfide) groups is 1. The monoisotopic (exact) mass is 386 g/mol. The topological polar surface area (TPSA) is 84.4 Å². The molecule has 0 aliphatic heterocycles. The molecule has 0 saturated carbocycles. The summed E-state index contributed by atoms with van der Waals surface area (Å²) in [5.74, 6) is 1.30. The molecule has 1 amide bonds. The van der Waals surface area contributed by atoms with Crippen LogP contribution in [-0.4, -0.2) is 42.0 Å². The van der Waals surface area contributed by atoms with E-state index in [2.05, 4.69) is 32.5 Å². The average Bonchev–Trinajstić information content (AvgIpc) is 3.32. The summed E-state index contributed by atoms with van der Waals surface area (Å²) in [7, 11) is 2.04. The quantitative estimate of drug-likeness (QED) is 0.446. The fourth-order valence-corrected chi connectivity index (χ4v) is 3.11. The summed E-state index contributed by atoms with van der Waals surface area (Å²) in [5.41, 5.74) is 1.93. The number of aromatic nitrogens is 2. The van der Waals surface area contributed by atoms with E-state index in [0.717, 1.165) is 18.5 Å². The Kier molecular flexibility index (Phi) is 6.54. The number of nitrogens with one attached hydrogen (secondary N) is 1. The first kappa shape index (κ1) is 19.0. The second-order valence-electron chi connectivity index (χ2n) is 6.01. The van der Waals surface area contributed by atoms with E-state index in [1.807, 2.05) is 32.2 Å². The van der Waals surface area contributed by atoms with Crippen LogP contribution in [0.2, 0.25) is 0 Å². The van der Waals surface area contributed by atoms with E-state index in [1.165, 1.54) is 17.4 Å². The first-order valence-electron chi connectivity index (χ1n) is 8.67. The summed E-state index contributed by atoms with van der Waals surface area (Å²) in [6.07, 6.45) is 2.44. The number of anilines is 1. The lowest BCUT2D eigenvalue weighted by molar-refractivity contribution is -0.118. The van der Waals surface area contributed by atoms with Crippen molar-refractivity contribution in [2.24, 2.45) is 0 Å². The number of aryl methyl sites for hydroxylation is 1. The van der Waals surface area contributed by atoms with Gasteiger partial charge in [0.2, 0.25) is 5.91 Å². The van der Waals surface area contributed by atoms with Gasteiger partial charge in [-0.25, -0.2) is 0 Å². The number of carbonyl (C=O) groups is 1. The molecule has 0 aliphatic carbocycles. The summed E-state index contributed by atoms with van der Waals surface area (Å²) >= 11 is 1.22. The van der Waals surface area contributed by atoms with Gasteiger partial charge in [-0.3, -0.25) is 4.79 Å². The predicted octanol–water partition coefficient (Wildman–Crippen LogP) is 3.37. The molecule has 0 radical (unpaired) electrons. The van der Waals surface area contributed by atoms with E-state index in [-0.39, 0.29) is 11.7 Å². The number of amides is 1. The summed E-state index contributed by atoms with van der Waals surface area (Å²) in [4.78, 5) is 14.1. The Hall–Kier alpha value is -2.74. The molecule has 2 heterocycles. The molecule has 7 nitrogen and oxygen atoms in total. The van der Waals surface area contributed by atoms with Crippen molar-refractivity contribution >= 4 is 23.4 Å². The smallest absolute Gasteiger partial charge is 0.277 e. The van der Waals surface area contributed by atoms with Gasteiger partial charge in [0, 0.05) is 25.8 Å². The molecule has 2 aromatic heterocycles. The van der Waals surface area contributed by atoms with E-state index in [9.17, 15) is 4.79 Å². The van der Waals surface area contributed by atoms with Crippen molar-refractivity contribution in [2.75, 3.05) is 30.8 Å². The molecular formula is C19H22N4O3S. The van der Waals surface area contributed by atoms with Crippen LogP contribution in [0.1, 0.15) is 12.2 Å². The van der Waals surface area contributed by atoms with Crippen LogP contribution in [0.4, 0.5) is 5.69 Å². The van der Waals surface area contributed by atoms with Crippen molar-refractivity contribution in [1.82, 2.24) is 15.5 Å². The first-order chi connectivity index (χ1) is 13.1. The maximum atomic E-state index is 12.0. The Morgan fingerprint density at radius 3 is 2.78 bits per heavy atom. The fourth-order valence-electron chi connectivity index (χ4n) is 2.52. The number of hydrogen-bond donors (Lipinski definition) is 1. The minimum Gasteiger partial charge on any atom is -0.469 e. The minimum atomic E-state index is -0.0541. The van der Waals surface area contributed by atoms with Crippen molar-refractivity contribution in [3.63, 3.8) is 0 Å². The second kappa shape index (κ2) is 9.27. The van der Waals surface area contributed by atoms with Gasteiger partial charge in [0.05, 0.1) is 17.6 Å². The lowest BCUT2D eigenvalue weighted by Gasteiger charge is -2.19. The average molecular weight is 386 g/mol. The van der Waals surface area contributed by atoms with Crippen molar-refractivity contribution in [2.45, 2.75) is 18.6 Å². The van der Waals surface area contributed by atoms with Crippen LogP contribution < -0.4 is 10.2 Å². The van der Waals surface area contributed by atoms with E-state index < -0.39 is 0 Å². The highest BCUT2D eigenvalue weighted by Crippen LogP contribution is 2.26. The van der Waals surface area contributed by atoms with Gasteiger partial charge in [0.25, 0.3) is 11.1 Å². The molecule has 1 N–H and O–H groups in total. The largest absolute Gasteiger partial charge is 0.469 e. The zero-order valence-electron chi connectivity index (χ0n) is 15.3. The summed E-state index contributed by atoms with van der Waals surface area (Å²) < 4.78 is 10.8. The molecule has 142 valence electrons. The highest BCUT2D eigenvalue weighted by molar-refractivity contribution is 7.99. The van der Waals surface area contributed by atoms with Gasteiger partial charge in [-0.05, 0) is 31.5 Å². The molecule has 8 heteroatoms. The van der Waals surface area contributed by atoms with E-state index in [1.54, 1.807) is 12.3 Å². The van der Waals surface area contributed by atoms with E-state index in [4.69, 9.17) is 8.83 Å². The zero-order valence-corrected chi connectivity index (χ0v) is 16.2. The second-order valence-corrected chi connectivity index (χ2v) is 6.94. The lowest BCUT2D eigenvalue weighted by atomic mass is 10.3. The normalized spacial score (nSPS) is 10.7. The maximum absolute atomic E-state index is 12.0. The Morgan fingerprint density at radius 1 is 1.22 bits per heavy atom. The van der Waals surface area contributed by atoms with Crippen molar-refractivity contribution in [3.05, 3.63) is 48.4 Å². The molecule has 0 saturated heterocycles. The SMILES string of the molecule is Cc1occc1-c1nnc(SCC(=O)NCCCN(C)c2ccccc2)o1. The van der Waals surface area contributed by atoms with Gasteiger partial charge < -0.3 is 19.1 Å². The molecule has 27 heavy (non-hydrogen) atoms. The Labute approximate surface area is 162 Å². The number of carbonyl (C=O) groups excluding carboxylic acids is 1. The van der Waals surface area contributed by atoms with Crippen LogP contribution in [0, 0.1) is 6.92 Å². The summed E-state index contributed by atoms with van der Waals surface area (Å²) in [6, 6.07) is 11.9. The summed E-state index contributed by atoms with van der Waals surface area (Å²) in [5, 5.41) is 11.2. The lowest BCUT2D eigenvalue weighted by Crippen LogP contribution is -2.29. The minimum absolute atomic E-state index is 0.0541. The zero-order chi connectivity index (χ0) is 19.1. The van der Waals surface area contributed by atoms with Crippen LogP contribution in [0.25, 0.3) is 11.5 Å². The van der Waals surface area contributed by atoms with Gasteiger partial charge in [-0.2, -0.15) is 0 Å². The Morgan fingerprint density at radius 2 is 2.04 bits per heavy atom. The predicted molar refractivity (Wildman–Crippen MR) is 105 cm³/mol. The molecule has 0 aliphatic rings. The fraction of sp³-hybridized carbons (Fsp3) is 0.316. The van der Waals surface area contributed by atoms with Crippen LogP contribution in [-0.2, 0) is 4.79 Å². The molecular weight excluding hydrogens is 364 g/mol. The van der Waals surface area contributed by atoms with E-state index in [0.29, 0.717) is 23.4 Å². The van der Waals surface area contributed by atoms with Crippen LogP contribution in [0.5, 0.6) is 0 Å². The first-order valence-corrected chi connectivity index (χ1v) is 9.65. The molecule has 3 aromatic rings. The molecule has 0 fully saturated rings. The number of para-hydroxylation sites is 1. The molecule has 0 bridgehead atoms. The van der Waals surface area contributed by atoms with Crippen molar-refractivity contribution in [1.29, 1.82) is 0 Å². The van der Waals surface area contributed by atoms with E-state index >= 15 is 0 Å². The van der Waals surface area contributed by atoms with Gasteiger partial charge in [-0.15, -0.1) is 10.2 Å². The maximum Gasteiger partial charge on any atom is 0.277 e. The van der Waals surface area contributed by atoms with Crippen molar-refractivity contribution in [3.8, 4) is 11.5 Å². The number of furan rings is 1. The third-order valence-electron chi connectivity index (χ3n) is 4.01. The molecule has 0 unspecified atom stereocenters. The highest BCUT2D eigenvalue weighted by atomic mass is 32.2. The number of benzene rings is 1. The highest BCUT2D eigenvalue weighted by Gasteiger charge is 2.14. The van der Waals surface area contributed by atoms with Gasteiger partial charge in [0.15, 0.2) is 0 Å². The number of rotatable bonds is 9. The van der Waals surface area contributed by atoms with Crippen LogP contribution in [0.15, 0.2) is 56.7 Å². The Balaban J connectivity index is 1.35. The molecule has 3 rings (SSSR count). The van der Waals surface area contributed by atoms with Gasteiger partial charge >= 0.3 is 0 Å². The third-order valence-corrected chi connectivity index (χ3v) is 4.83. The van der Waals surface area contributed by atoms with Crippen molar-refractivity contribution < 1.29 is 13.6 Å². The number of hydrogen-bond acceptors (Lipinski definition) is 7. The Bertz CT molecular complexity index is 863. The third kappa shape index (κ3) is 5.37. The van der Waals surface area contributed by atoms with Gasteiger partial charge in [0.1, 0.15) is 5.76 Å². The molecule has 0 atom stereocenters. The standard InChI is InChI=1S/C19H22N4O3S/c1-14-16(9-12-25-14)18-21-22-19(26-18)27-13-17(24)20-10-6-11-23(2)15-7-4-3-5-8-15/h3-5,7-9,12H,6,10-11,13H2,1-2H3,(H,20,24). The molecule has 0 spiro atoms. The summed E-state index contributed by atoms with van der Waals surface area (Å²) in [6.45, 7) is 3.32. The molecule has 1 aromatic carbocycles. The number of nitrogens with zero attached hydrogens (tertiary/aromatic N) is 3. The van der Waals surface area contributed by atoms with Gasteiger partial charge in [-0.1, -0.05) is 30.0 Å². The van der Waals surface area contributed by atoms with Crippen LogP contribution >= 0.6 is 11.8 Å².